The summed E-state index contributed by atoms with van der Waals surface area (Å²) in [7, 11) is -0.445. The minimum Gasteiger partial charge on any atom is -0.332 e. The third-order valence-corrected chi connectivity index (χ3v) is 2.71. The SMILES string of the molecule is CCCP1OCCO1. The second kappa shape index (κ2) is 3.39. The van der Waals surface area contributed by atoms with Gasteiger partial charge in [-0.2, -0.15) is 0 Å². The molecule has 48 valence electrons. The number of rotatable bonds is 2. The van der Waals surface area contributed by atoms with Gasteiger partial charge in [-0.25, -0.2) is 0 Å². The molecule has 0 spiro atoms. The zero-order chi connectivity index (χ0) is 5.82. The summed E-state index contributed by atoms with van der Waals surface area (Å²) in [5.74, 6) is 0. The molecule has 0 atom stereocenters. The van der Waals surface area contributed by atoms with Gasteiger partial charge in [-0.05, 0) is 6.42 Å². The van der Waals surface area contributed by atoms with Crippen LogP contribution in [0.25, 0.3) is 0 Å². The normalized spacial score (nSPS) is 22.1. The molecule has 0 bridgehead atoms. The summed E-state index contributed by atoms with van der Waals surface area (Å²) < 4.78 is 10.5. The van der Waals surface area contributed by atoms with E-state index in [1.807, 2.05) is 0 Å². The van der Waals surface area contributed by atoms with E-state index in [-0.39, 0.29) is 0 Å². The molecule has 1 saturated heterocycles. The molecule has 1 aliphatic rings. The molecule has 0 unspecified atom stereocenters. The lowest BCUT2D eigenvalue weighted by Gasteiger charge is -2.02. The topological polar surface area (TPSA) is 18.5 Å². The van der Waals surface area contributed by atoms with E-state index in [2.05, 4.69) is 6.92 Å². The highest BCUT2D eigenvalue weighted by Gasteiger charge is 2.14. The van der Waals surface area contributed by atoms with Gasteiger partial charge in [0, 0.05) is 6.16 Å². The fourth-order valence-electron chi connectivity index (χ4n) is 0.627. The van der Waals surface area contributed by atoms with Crippen LogP contribution in [0.3, 0.4) is 0 Å². The number of hydrogen-bond donors (Lipinski definition) is 0. The molecule has 0 aromatic carbocycles. The molecule has 0 radical (unpaired) electrons. The van der Waals surface area contributed by atoms with Crippen LogP contribution in [0.15, 0.2) is 0 Å². The van der Waals surface area contributed by atoms with Crippen LogP contribution < -0.4 is 0 Å². The van der Waals surface area contributed by atoms with Crippen LogP contribution in [-0.2, 0) is 9.05 Å². The van der Waals surface area contributed by atoms with Gasteiger partial charge in [-0.1, -0.05) is 6.92 Å². The van der Waals surface area contributed by atoms with Crippen molar-refractivity contribution in [3.8, 4) is 0 Å². The van der Waals surface area contributed by atoms with Crippen LogP contribution in [0.2, 0.25) is 0 Å². The molecule has 0 amide bonds. The van der Waals surface area contributed by atoms with Crippen molar-refractivity contribution in [3.63, 3.8) is 0 Å². The lowest BCUT2D eigenvalue weighted by molar-refractivity contribution is 0.365. The Labute approximate surface area is 51.1 Å². The van der Waals surface area contributed by atoms with Gasteiger partial charge in [0.2, 0.25) is 0 Å². The monoisotopic (exact) mass is 134 g/mol. The van der Waals surface area contributed by atoms with E-state index in [4.69, 9.17) is 9.05 Å². The first kappa shape index (κ1) is 6.47. The summed E-state index contributed by atoms with van der Waals surface area (Å²) in [6.45, 7) is 3.77. The Balaban J connectivity index is 2.06. The molecule has 1 fully saturated rings. The van der Waals surface area contributed by atoms with E-state index >= 15 is 0 Å². The lowest BCUT2D eigenvalue weighted by atomic mass is 10.6. The maximum absolute atomic E-state index is 5.24. The molecule has 1 heterocycles. The predicted octanol–water partition coefficient (Wildman–Crippen LogP) is 1.76. The Kier molecular flexibility index (Phi) is 2.74. The first-order valence-electron chi connectivity index (χ1n) is 2.97. The van der Waals surface area contributed by atoms with Crippen molar-refractivity contribution in [1.82, 2.24) is 0 Å². The van der Waals surface area contributed by atoms with Crippen molar-refractivity contribution in [2.24, 2.45) is 0 Å². The first-order chi connectivity index (χ1) is 3.93. The summed E-state index contributed by atoms with van der Waals surface area (Å²) in [5.41, 5.74) is 0. The molecular formula is C5H11O2P. The Hall–Kier alpha value is 0.350. The highest BCUT2D eigenvalue weighted by atomic mass is 31.2. The fraction of sp³-hybridized carbons (Fsp3) is 1.00. The zero-order valence-electron chi connectivity index (χ0n) is 5.09. The minimum atomic E-state index is -0.445. The molecule has 0 aliphatic carbocycles. The summed E-state index contributed by atoms with van der Waals surface area (Å²) in [5, 5.41) is 0. The van der Waals surface area contributed by atoms with E-state index in [1.165, 1.54) is 6.42 Å². The Bertz CT molecular complexity index is 61.4. The predicted molar refractivity (Wildman–Crippen MR) is 34.0 cm³/mol. The van der Waals surface area contributed by atoms with E-state index in [1.54, 1.807) is 0 Å². The highest BCUT2D eigenvalue weighted by Crippen LogP contribution is 2.42. The summed E-state index contributed by atoms with van der Waals surface area (Å²) in [4.78, 5) is 0. The third kappa shape index (κ3) is 1.70. The molecule has 0 aromatic rings. The van der Waals surface area contributed by atoms with E-state index in [9.17, 15) is 0 Å². The quantitative estimate of drug-likeness (QED) is 0.535. The minimum absolute atomic E-state index is 0.445. The van der Waals surface area contributed by atoms with Crippen molar-refractivity contribution < 1.29 is 9.05 Å². The third-order valence-electron chi connectivity index (χ3n) is 0.960. The first-order valence-corrected chi connectivity index (χ1v) is 4.33. The van der Waals surface area contributed by atoms with Crippen molar-refractivity contribution in [2.75, 3.05) is 19.4 Å². The van der Waals surface area contributed by atoms with E-state index in [0.29, 0.717) is 0 Å². The summed E-state index contributed by atoms with van der Waals surface area (Å²) >= 11 is 0. The molecule has 8 heavy (non-hydrogen) atoms. The molecule has 3 heteroatoms. The molecule has 1 aliphatic heterocycles. The molecular weight excluding hydrogens is 123 g/mol. The van der Waals surface area contributed by atoms with Gasteiger partial charge in [0.05, 0.1) is 13.2 Å². The molecule has 0 saturated carbocycles. The van der Waals surface area contributed by atoms with Crippen LogP contribution in [-0.4, -0.2) is 19.4 Å². The summed E-state index contributed by atoms with van der Waals surface area (Å²) in [6, 6.07) is 0. The van der Waals surface area contributed by atoms with E-state index in [0.717, 1.165) is 19.4 Å². The lowest BCUT2D eigenvalue weighted by Crippen LogP contribution is -1.79. The smallest absolute Gasteiger partial charge is 0.170 e. The standard InChI is InChI=1S/C5H11O2P/c1-2-5-8-6-3-4-7-8/h2-5H2,1H3. The number of hydrogen-bond acceptors (Lipinski definition) is 2. The molecule has 2 nitrogen and oxygen atoms in total. The fourth-order valence-corrected chi connectivity index (χ4v) is 1.88. The van der Waals surface area contributed by atoms with Gasteiger partial charge in [-0.15, -0.1) is 0 Å². The van der Waals surface area contributed by atoms with Gasteiger partial charge in [0.1, 0.15) is 0 Å². The maximum atomic E-state index is 5.24. The van der Waals surface area contributed by atoms with Gasteiger partial charge in [0.15, 0.2) is 8.38 Å². The average Bonchev–Trinajstić information content (AvgIpc) is 2.19. The van der Waals surface area contributed by atoms with Crippen LogP contribution in [0.4, 0.5) is 0 Å². The van der Waals surface area contributed by atoms with Crippen molar-refractivity contribution in [2.45, 2.75) is 13.3 Å². The second-order valence-electron chi connectivity index (χ2n) is 1.72. The van der Waals surface area contributed by atoms with Crippen LogP contribution >= 0.6 is 8.38 Å². The summed E-state index contributed by atoms with van der Waals surface area (Å²) in [6.07, 6.45) is 2.28. The second-order valence-corrected chi connectivity index (χ2v) is 3.35. The van der Waals surface area contributed by atoms with Crippen LogP contribution in [0, 0.1) is 0 Å². The maximum Gasteiger partial charge on any atom is 0.170 e. The van der Waals surface area contributed by atoms with Crippen molar-refractivity contribution in [3.05, 3.63) is 0 Å². The van der Waals surface area contributed by atoms with Gasteiger partial charge in [-0.3, -0.25) is 0 Å². The average molecular weight is 134 g/mol. The Morgan fingerprint density at radius 3 is 2.50 bits per heavy atom. The van der Waals surface area contributed by atoms with Crippen molar-refractivity contribution in [1.29, 1.82) is 0 Å². The van der Waals surface area contributed by atoms with Crippen molar-refractivity contribution >= 4 is 8.38 Å². The van der Waals surface area contributed by atoms with Gasteiger partial charge < -0.3 is 9.05 Å². The Morgan fingerprint density at radius 1 is 1.38 bits per heavy atom. The van der Waals surface area contributed by atoms with Crippen LogP contribution in [0.5, 0.6) is 0 Å². The Morgan fingerprint density at radius 2 is 2.00 bits per heavy atom. The molecule has 0 aromatic heterocycles. The highest BCUT2D eigenvalue weighted by molar-refractivity contribution is 7.47. The van der Waals surface area contributed by atoms with Gasteiger partial charge >= 0.3 is 0 Å². The molecule has 0 N–H and O–H groups in total. The largest absolute Gasteiger partial charge is 0.332 e. The van der Waals surface area contributed by atoms with Crippen LogP contribution in [0.1, 0.15) is 13.3 Å². The zero-order valence-corrected chi connectivity index (χ0v) is 5.99. The van der Waals surface area contributed by atoms with E-state index < -0.39 is 8.38 Å². The molecule has 1 rings (SSSR count). The van der Waals surface area contributed by atoms with Gasteiger partial charge in [0.25, 0.3) is 0 Å².